The number of nitrogens with zero attached hydrogens (tertiary/aromatic N) is 2. The van der Waals surface area contributed by atoms with Crippen molar-refractivity contribution >= 4 is 37.9 Å². The van der Waals surface area contributed by atoms with Crippen LogP contribution in [0.2, 0.25) is 0 Å². The van der Waals surface area contributed by atoms with E-state index in [1.54, 1.807) is 17.0 Å². The first-order valence-corrected chi connectivity index (χ1v) is 9.55. The molecule has 2 aromatic rings. The number of furan rings is 1. The first-order chi connectivity index (χ1) is 13.5. The van der Waals surface area contributed by atoms with Crippen LogP contribution in [0.4, 0.5) is 5.69 Å². The van der Waals surface area contributed by atoms with Gasteiger partial charge < -0.3 is 14.6 Å². The third-order valence-electron chi connectivity index (χ3n) is 4.39. The zero-order chi connectivity index (χ0) is 20.1. The molecule has 0 unspecified atom stereocenters. The molecule has 1 aromatic carbocycles. The van der Waals surface area contributed by atoms with Crippen molar-refractivity contribution < 1.29 is 18.9 Å². The highest BCUT2D eigenvalue weighted by Crippen LogP contribution is 2.27. The van der Waals surface area contributed by atoms with Gasteiger partial charge in [-0.25, -0.2) is 0 Å². The molecular formula is C19H18BrN3O5. The van der Waals surface area contributed by atoms with Crippen molar-refractivity contribution in [1.29, 1.82) is 0 Å². The van der Waals surface area contributed by atoms with Crippen molar-refractivity contribution in [3.63, 3.8) is 0 Å². The molecule has 0 bridgehead atoms. The number of halogens is 1. The second-order valence-corrected chi connectivity index (χ2v) is 7.07. The van der Waals surface area contributed by atoms with Gasteiger partial charge in [0.25, 0.3) is 17.5 Å². The molecule has 1 fully saturated rings. The molecular weight excluding hydrogens is 430 g/mol. The molecule has 0 spiro atoms. The molecule has 8 nitrogen and oxygen atoms in total. The predicted molar refractivity (Wildman–Crippen MR) is 106 cm³/mol. The minimum absolute atomic E-state index is 0.0696. The molecule has 28 heavy (non-hydrogen) atoms. The monoisotopic (exact) mass is 447 g/mol. The van der Waals surface area contributed by atoms with Crippen LogP contribution in [0, 0.1) is 10.1 Å². The lowest BCUT2D eigenvalue weighted by molar-refractivity contribution is -0.384. The zero-order valence-electron chi connectivity index (χ0n) is 14.9. The average molecular weight is 448 g/mol. The van der Waals surface area contributed by atoms with E-state index < -0.39 is 10.8 Å². The second-order valence-electron chi connectivity index (χ2n) is 6.28. The van der Waals surface area contributed by atoms with E-state index in [4.69, 9.17) is 4.42 Å². The highest BCUT2D eigenvalue weighted by molar-refractivity contribution is 9.15. The molecule has 146 valence electrons. The summed E-state index contributed by atoms with van der Waals surface area (Å²) < 4.78 is 5.68. The zero-order valence-corrected chi connectivity index (χ0v) is 16.5. The molecule has 0 saturated carbocycles. The molecule has 1 N–H and O–H groups in total. The van der Waals surface area contributed by atoms with E-state index in [1.165, 1.54) is 30.5 Å². The number of non-ortho nitro benzene ring substituents is 1. The SMILES string of the molecule is O=C(N/C(C(=O)N1CCCCC1)=C(/Br)c1ccco1)c1ccc([N+](=O)[O-])cc1. The van der Waals surface area contributed by atoms with E-state index in [2.05, 4.69) is 21.2 Å². The van der Waals surface area contributed by atoms with Gasteiger partial charge in [-0.15, -0.1) is 0 Å². The minimum Gasteiger partial charge on any atom is -0.464 e. The molecule has 1 saturated heterocycles. The summed E-state index contributed by atoms with van der Waals surface area (Å²) in [4.78, 5) is 37.6. The summed E-state index contributed by atoms with van der Waals surface area (Å²) in [6.07, 6.45) is 4.36. The topological polar surface area (TPSA) is 106 Å². The van der Waals surface area contributed by atoms with Crippen LogP contribution < -0.4 is 5.32 Å². The van der Waals surface area contributed by atoms with Gasteiger partial charge in [0, 0.05) is 30.8 Å². The number of nitrogens with one attached hydrogen (secondary N) is 1. The third kappa shape index (κ3) is 4.48. The number of nitro groups is 1. The number of nitro benzene ring substituents is 1. The Bertz CT molecular complexity index is 900. The van der Waals surface area contributed by atoms with Crippen LogP contribution in [-0.4, -0.2) is 34.7 Å². The summed E-state index contributed by atoms with van der Waals surface area (Å²) >= 11 is 3.36. The molecule has 0 atom stereocenters. The normalized spacial score (nSPS) is 15.0. The molecule has 2 heterocycles. The Labute approximate surface area is 169 Å². The first-order valence-electron chi connectivity index (χ1n) is 8.76. The van der Waals surface area contributed by atoms with Crippen molar-refractivity contribution in [2.24, 2.45) is 0 Å². The van der Waals surface area contributed by atoms with E-state index >= 15 is 0 Å². The Hall–Kier alpha value is -2.94. The van der Waals surface area contributed by atoms with Gasteiger partial charge in [-0.3, -0.25) is 19.7 Å². The standard InChI is InChI=1S/C19H18BrN3O5/c20-16(15-5-4-12-28-15)17(19(25)22-10-2-1-3-11-22)21-18(24)13-6-8-14(9-7-13)23(26)27/h4-9,12H,1-3,10-11H2,(H,21,24)/b17-16+. The van der Waals surface area contributed by atoms with E-state index in [0.29, 0.717) is 23.3 Å². The molecule has 1 aliphatic heterocycles. The Balaban J connectivity index is 1.88. The van der Waals surface area contributed by atoms with Crippen LogP contribution in [0.3, 0.4) is 0 Å². The van der Waals surface area contributed by atoms with Crippen LogP contribution in [0.1, 0.15) is 35.4 Å². The molecule has 0 aliphatic carbocycles. The van der Waals surface area contributed by atoms with Crippen LogP contribution in [0.15, 0.2) is 52.8 Å². The van der Waals surface area contributed by atoms with Crippen molar-refractivity contribution in [1.82, 2.24) is 10.2 Å². The molecule has 2 amide bonds. The Kier molecular flexibility index (Phi) is 6.25. The summed E-state index contributed by atoms with van der Waals surface area (Å²) in [7, 11) is 0. The fourth-order valence-electron chi connectivity index (χ4n) is 2.90. The molecule has 1 aromatic heterocycles. The maximum atomic E-state index is 13.0. The fourth-order valence-corrected chi connectivity index (χ4v) is 3.40. The number of hydrogen-bond donors (Lipinski definition) is 1. The van der Waals surface area contributed by atoms with Crippen molar-refractivity contribution in [2.75, 3.05) is 13.1 Å². The lowest BCUT2D eigenvalue weighted by atomic mass is 10.1. The highest BCUT2D eigenvalue weighted by Gasteiger charge is 2.26. The Morgan fingerprint density at radius 2 is 1.79 bits per heavy atom. The van der Waals surface area contributed by atoms with Gasteiger partial charge in [0.05, 0.1) is 15.7 Å². The number of benzene rings is 1. The van der Waals surface area contributed by atoms with Gasteiger partial charge in [-0.2, -0.15) is 0 Å². The largest absolute Gasteiger partial charge is 0.464 e. The molecule has 1 aliphatic rings. The van der Waals surface area contributed by atoms with Crippen LogP contribution >= 0.6 is 15.9 Å². The third-order valence-corrected chi connectivity index (χ3v) is 5.18. The Morgan fingerprint density at radius 1 is 1.11 bits per heavy atom. The minimum atomic E-state index is -0.543. The van der Waals surface area contributed by atoms with Crippen molar-refractivity contribution in [2.45, 2.75) is 19.3 Å². The number of amides is 2. The smallest absolute Gasteiger partial charge is 0.271 e. The molecule has 3 rings (SSSR count). The quantitative estimate of drug-likeness (QED) is 0.427. The van der Waals surface area contributed by atoms with Gasteiger partial charge in [0.2, 0.25) is 0 Å². The maximum absolute atomic E-state index is 13.0. The van der Waals surface area contributed by atoms with Gasteiger partial charge >= 0.3 is 0 Å². The predicted octanol–water partition coefficient (Wildman–Crippen LogP) is 3.69. The summed E-state index contributed by atoms with van der Waals surface area (Å²) in [5.74, 6) is -0.443. The number of hydrogen-bond acceptors (Lipinski definition) is 5. The molecule has 9 heteroatoms. The van der Waals surface area contributed by atoms with Crippen LogP contribution in [0.25, 0.3) is 4.48 Å². The number of carbonyl (C=O) groups is 2. The van der Waals surface area contributed by atoms with Crippen molar-refractivity contribution in [3.05, 3.63) is 69.8 Å². The molecule has 0 radical (unpaired) electrons. The maximum Gasteiger partial charge on any atom is 0.271 e. The second kappa shape index (κ2) is 8.83. The summed E-state index contributed by atoms with van der Waals surface area (Å²) in [5.41, 5.74) is 0.156. The number of piperidine rings is 1. The highest BCUT2D eigenvalue weighted by atomic mass is 79.9. The van der Waals surface area contributed by atoms with E-state index in [-0.39, 0.29) is 22.9 Å². The van der Waals surface area contributed by atoms with E-state index in [1.807, 2.05) is 0 Å². The van der Waals surface area contributed by atoms with Gasteiger partial charge in [-0.1, -0.05) is 0 Å². The number of likely N-dealkylation sites (tertiary alicyclic amines) is 1. The number of carbonyl (C=O) groups excluding carboxylic acids is 2. The fraction of sp³-hybridized carbons (Fsp3) is 0.263. The van der Waals surface area contributed by atoms with Gasteiger partial charge in [0.1, 0.15) is 11.5 Å². The average Bonchev–Trinajstić information content (AvgIpc) is 3.26. The summed E-state index contributed by atoms with van der Waals surface area (Å²) in [6.45, 7) is 1.24. The van der Waals surface area contributed by atoms with Crippen LogP contribution in [-0.2, 0) is 4.79 Å². The van der Waals surface area contributed by atoms with Gasteiger partial charge in [0.15, 0.2) is 0 Å². The van der Waals surface area contributed by atoms with E-state index in [0.717, 1.165) is 19.3 Å². The van der Waals surface area contributed by atoms with E-state index in [9.17, 15) is 19.7 Å². The summed E-state index contributed by atoms with van der Waals surface area (Å²) in [6, 6.07) is 8.52. The Morgan fingerprint density at radius 3 is 2.36 bits per heavy atom. The van der Waals surface area contributed by atoms with Crippen LogP contribution in [0.5, 0.6) is 0 Å². The summed E-state index contributed by atoms with van der Waals surface area (Å²) in [5, 5.41) is 13.4. The first kappa shape index (κ1) is 19.8. The lowest BCUT2D eigenvalue weighted by Gasteiger charge is -2.28. The van der Waals surface area contributed by atoms with Gasteiger partial charge in [-0.05, 0) is 59.5 Å². The number of rotatable bonds is 5. The lowest BCUT2D eigenvalue weighted by Crippen LogP contribution is -2.41. The van der Waals surface area contributed by atoms with Crippen molar-refractivity contribution in [3.8, 4) is 0 Å².